The fraction of sp³-hybridized carbons (Fsp3) is 0.393. The van der Waals surface area contributed by atoms with E-state index in [4.69, 9.17) is 4.74 Å². The number of fused-ring (bicyclic) bond motifs is 2. The second-order valence-electron chi connectivity index (χ2n) is 10.6. The Morgan fingerprint density at radius 3 is 2.37 bits per heavy atom. The number of amides is 1. The molecule has 1 aromatic heterocycles. The Morgan fingerprint density at radius 2 is 1.71 bits per heavy atom. The molecule has 3 aromatic rings. The second-order valence-corrected chi connectivity index (χ2v) is 10.6. The molecule has 4 aliphatic rings. The highest BCUT2D eigenvalue weighted by molar-refractivity contribution is 5.96. The third-order valence-electron chi connectivity index (χ3n) is 8.41. The number of ether oxygens (including phenoxy) is 1. The van der Waals surface area contributed by atoms with Crippen LogP contribution in [0.15, 0.2) is 54.9 Å². The zero-order valence-corrected chi connectivity index (χ0v) is 19.5. The first-order chi connectivity index (χ1) is 17.1. The smallest absolute Gasteiger partial charge is 0.253 e. The number of hydrogen-bond donors (Lipinski definition) is 0. The molecule has 2 aromatic carbocycles. The molecule has 7 heteroatoms. The van der Waals surface area contributed by atoms with E-state index in [1.807, 2.05) is 17.0 Å². The van der Waals surface area contributed by atoms with Crippen LogP contribution in [0, 0.1) is 11.2 Å². The number of halogens is 1. The summed E-state index contributed by atoms with van der Waals surface area (Å²) in [4.78, 5) is 26.7. The van der Waals surface area contributed by atoms with Crippen molar-refractivity contribution < 1.29 is 13.9 Å². The van der Waals surface area contributed by atoms with Crippen LogP contribution in [0.1, 0.15) is 41.6 Å². The van der Waals surface area contributed by atoms with Gasteiger partial charge >= 0.3 is 0 Å². The van der Waals surface area contributed by atoms with Crippen molar-refractivity contribution in [3.05, 3.63) is 71.8 Å². The second kappa shape index (κ2) is 7.59. The summed E-state index contributed by atoms with van der Waals surface area (Å²) < 4.78 is 19.6. The van der Waals surface area contributed by atoms with Gasteiger partial charge in [-0.15, -0.1) is 0 Å². The molecular formula is C28H27FN4O2. The lowest BCUT2D eigenvalue weighted by Crippen LogP contribution is -2.52. The van der Waals surface area contributed by atoms with Gasteiger partial charge in [0, 0.05) is 65.2 Å². The van der Waals surface area contributed by atoms with E-state index >= 15 is 0 Å². The van der Waals surface area contributed by atoms with E-state index in [2.05, 4.69) is 20.9 Å². The Kier molecular flexibility index (Phi) is 4.55. The Labute approximate surface area is 203 Å². The number of benzene rings is 2. The molecule has 7 rings (SSSR count). The highest BCUT2D eigenvalue weighted by Crippen LogP contribution is 2.57. The van der Waals surface area contributed by atoms with Crippen LogP contribution < -0.4 is 4.90 Å². The number of rotatable bonds is 3. The van der Waals surface area contributed by atoms with Crippen molar-refractivity contribution in [1.82, 2.24) is 14.9 Å². The molecule has 1 aliphatic carbocycles. The van der Waals surface area contributed by atoms with Gasteiger partial charge < -0.3 is 14.5 Å². The van der Waals surface area contributed by atoms with E-state index in [1.54, 1.807) is 30.6 Å². The van der Waals surface area contributed by atoms with Crippen molar-refractivity contribution in [2.75, 3.05) is 37.7 Å². The van der Waals surface area contributed by atoms with Crippen LogP contribution in [0.5, 0.6) is 0 Å². The third-order valence-corrected chi connectivity index (χ3v) is 8.41. The van der Waals surface area contributed by atoms with Gasteiger partial charge in [0.15, 0.2) is 0 Å². The first-order valence-electron chi connectivity index (χ1n) is 12.4. The lowest BCUT2D eigenvalue weighted by molar-refractivity contribution is -0.136. The summed E-state index contributed by atoms with van der Waals surface area (Å²) in [6.07, 6.45) is 7.66. The Morgan fingerprint density at radius 1 is 0.971 bits per heavy atom. The molecular weight excluding hydrogens is 443 g/mol. The van der Waals surface area contributed by atoms with Crippen molar-refractivity contribution >= 4 is 17.5 Å². The highest BCUT2D eigenvalue weighted by atomic mass is 19.1. The maximum Gasteiger partial charge on any atom is 0.253 e. The molecule has 35 heavy (non-hydrogen) atoms. The van der Waals surface area contributed by atoms with Gasteiger partial charge in [0.25, 0.3) is 5.91 Å². The average Bonchev–Trinajstić information content (AvgIpc) is 3.59. The number of nitrogens with zero attached hydrogens (tertiary/aromatic N) is 4. The number of anilines is 2. The van der Waals surface area contributed by atoms with E-state index in [0.717, 1.165) is 69.8 Å². The molecule has 2 saturated heterocycles. The summed E-state index contributed by atoms with van der Waals surface area (Å²) in [6, 6.07) is 12.8. The van der Waals surface area contributed by atoms with Crippen molar-refractivity contribution in [2.24, 2.45) is 5.41 Å². The third kappa shape index (κ3) is 3.36. The van der Waals surface area contributed by atoms with Crippen LogP contribution in [0.3, 0.4) is 0 Å². The monoisotopic (exact) mass is 470 g/mol. The van der Waals surface area contributed by atoms with Gasteiger partial charge in [-0.25, -0.2) is 14.4 Å². The van der Waals surface area contributed by atoms with E-state index < -0.39 is 0 Å². The normalized spacial score (nSPS) is 21.2. The van der Waals surface area contributed by atoms with Gasteiger partial charge in [0.1, 0.15) is 5.82 Å². The van der Waals surface area contributed by atoms with E-state index in [-0.39, 0.29) is 17.1 Å². The van der Waals surface area contributed by atoms with Crippen molar-refractivity contribution in [1.29, 1.82) is 0 Å². The largest absolute Gasteiger partial charge is 0.380 e. The first-order valence-corrected chi connectivity index (χ1v) is 12.4. The van der Waals surface area contributed by atoms with Crippen molar-refractivity contribution in [2.45, 2.75) is 31.1 Å². The molecule has 1 saturated carbocycles. The summed E-state index contributed by atoms with van der Waals surface area (Å²) in [5.74, 6) is 0.393. The molecule has 0 atom stereocenters. The van der Waals surface area contributed by atoms with Gasteiger partial charge in [-0.2, -0.15) is 0 Å². The molecule has 6 nitrogen and oxygen atoms in total. The zero-order valence-electron chi connectivity index (χ0n) is 19.5. The minimum atomic E-state index is -0.288. The number of hydrogen-bond acceptors (Lipinski definition) is 5. The van der Waals surface area contributed by atoms with E-state index in [0.29, 0.717) is 22.5 Å². The Balaban J connectivity index is 1.17. The Bertz CT molecular complexity index is 1310. The maximum absolute atomic E-state index is 14.2. The minimum Gasteiger partial charge on any atom is -0.380 e. The summed E-state index contributed by atoms with van der Waals surface area (Å²) in [5.41, 5.74) is 4.59. The van der Waals surface area contributed by atoms with Crippen LogP contribution >= 0.6 is 0 Å². The topological polar surface area (TPSA) is 58.6 Å². The predicted octanol–water partition coefficient (Wildman–Crippen LogP) is 4.72. The van der Waals surface area contributed by atoms with Crippen LogP contribution in [0.4, 0.5) is 16.0 Å². The maximum atomic E-state index is 14.2. The lowest BCUT2D eigenvalue weighted by atomic mass is 9.77. The molecule has 0 unspecified atom stereocenters. The summed E-state index contributed by atoms with van der Waals surface area (Å²) in [6.45, 7) is 4.05. The highest BCUT2D eigenvalue weighted by Gasteiger charge is 2.52. The Hall–Kier alpha value is -3.32. The first kappa shape index (κ1) is 21.0. The van der Waals surface area contributed by atoms with Gasteiger partial charge in [0.2, 0.25) is 5.95 Å². The molecule has 3 fully saturated rings. The van der Waals surface area contributed by atoms with Crippen LogP contribution in [0.2, 0.25) is 0 Å². The molecule has 1 amide bonds. The number of aromatic nitrogens is 2. The zero-order chi connectivity index (χ0) is 23.6. The summed E-state index contributed by atoms with van der Waals surface area (Å²) >= 11 is 0. The SMILES string of the molecule is O=C(c1ccc2c(c1)N(c1ncc(-c3ccccc3F)cn1)CC21CC1)N1CCC2(CC1)COC2. The quantitative estimate of drug-likeness (QED) is 0.555. The molecule has 3 aliphatic heterocycles. The fourth-order valence-corrected chi connectivity index (χ4v) is 5.91. The number of piperidine rings is 1. The van der Waals surface area contributed by atoms with Crippen molar-refractivity contribution in [3.8, 4) is 11.1 Å². The number of carbonyl (C=O) groups excluding carboxylic acids is 1. The van der Waals surface area contributed by atoms with E-state index in [1.165, 1.54) is 11.6 Å². The van der Waals surface area contributed by atoms with Crippen molar-refractivity contribution in [3.63, 3.8) is 0 Å². The van der Waals surface area contributed by atoms with Crippen LogP contribution in [0.25, 0.3) is 11.1 Å². The van der Waals surface area contributed by atoms with Gasteiger partial charge in [-0.1, -0.05) is 24.3 Å². The molecule has 0 N–H and O–H groups in total. The number of likely N-dealkylation sites (tertiary alicyclic amines) is 1. The van der Waals surface area contributed by atoms with Gasteiger partial charge in [0.05, 0.1) is 13.2 Å². The molecule has 178 valence electrons. The standard InChI is InChI=1S/C28H27FN4O2/c29-23-4-2-1-3-21(23)20-14-30-26(31-15-20)33-16-28(7-8-28)22-6-5-19(13-24(22)33)25(34)32-11-9-27(10-12-32)17-35-18-27/h1-6,13-15H,7-12,16-18H2. The fourth-order valence-electron chi connectivity index (χ4n) is 5.91. The lowest BCUT2D eigenvalue weighted by Gasteiger charge is -2.47. The number of carbonyl (C=O) groups is 1. The summed E-state index contributed by atoms with van der Waals surface area (Å²) in [5, 5.41) is 0. The predicted molar refractivity (Wildman–Crippen MR) is 130 cm³/mol. The van der Waals surface area contributed by atoms with Gasteiger partial charge in [-0.05, 0) is 49.4 Å². The van der Waals surface area contributed by atoms with Gasteiger partial charge in [-0.3, -0.25) is 4.79 Å². The van der Waals surface area contributed by atoms with E-state index in [9.17, 15) is 9.18 Å². The molecule has 2 spiro atoms. The van der Waals surface area contributed by atoms with Crippen LogP contribution in [-0.4, -0.2) is 53.6 Å². The average molecular weight is 471 g/mol. The summed E-state index contributed by atoms with van der Waals surface area (Å²) in [7, 11) is 0. The van der Waals surface area contributed by atoms with Crippen LogP contribution in [-0.2, 0) is 10.2 Å². The molecule has 4 heterocycles. The molecule has 0 bridgehead atoms. The molecule has 0 radical (unpaired) electrons. The minimum absolute atomic E-state index is 0.0930.